The summed E-state index contributed by atoms with van der Waals surface area (Å²) in [6.45, 7) is 1.77. The van der Waals surface area contributed by atoms with E-state index in [1.54, 1.807) is 13.0 Å². The molecule has 2 rings (SSSR count). The van der Waals surface area contributed by atoms with E-state index in [4.69, 9.17) is 4.42 Å². The molecule has 1 aliphatic rings. The van der Waals surface area contributed by atoms with Gasteiger partial charge in [-0.15, -0.1) is 0 Å². The van der Waals surface area contributed by atoms with Crippen molar-refractivity contribution in [3.05, 3.63) is 23.7 Å². The average molecular weight is 234 g/mol. The molecule has 0 bridgehead atoms. The van der Waals surface area contributed by atoms with Crippen molar-refractivity contribution in [3.63, 3.8) is 0 Å². The Bertz CT molecular complexity index is 411. The zero-order valence-corrected chi connectivity index (χ0v) is 10.2. The molecule has 4 nitrogen and oxygen atoms in total. The van der Waals surface area contributed by atoms with Gasteiger partial charge in [-0.2, -0.15) is 5.10 Å². The van der Waals surface area contributed by atoms with Gasteiger partial charge in [0.25, 0.3) is 5.91 Å². The number of carbonyl (C=O) groups is 1. The largest absolute Gasteiger partial charge is 0.469 e. The van der Waals surface area contributed by atoms with Crippen LogP contribution in [0.15, 0.2) is 21.8 Å². The molecule has 1 aliphatic carbocycles. The monoisotopic (exact) mass is 234 g/mol. The van der Waals surface area contributed by atoms with Gasteiger partial charge in [0.1, 0.15) is 5.76 Å². The Morgan fingerprint density at radius 3 is 2.59 bits per heavy atom. The van der Waals surface area contributed by atoms with Gasteiger partial charge in [-0.25, -0.2) is 5.43 Å². The van der Waals surface area contributed by atoms with E-state index in [1.165, 1.54) is 31.9 Å². The first-order valence-electron chi connectivity index (χ1n) is 6.17. The fraction of sp³-hybridized carbons (Fsp3) is 0.538. The number of nitrogens with zero attached hydrogens (tertiary/aromatic N) is 1. The second-order valence-corrected chi connectivity index (χ2v) is 4.42. The standard InChI is InChI=1S/C13H18N2O2/c1-10-12(8-9-17-10)13(16)15-14-11-6-4-2-3-5-7-11/h8-9H,2-7H2,1H3,(H,15,16). The Balaban J connectivity index is 1.95. The van der Waals surface area contributed by atoms with Crippen molar-refractivity contribution >= 4 is 11.6 Å². The smallest absolute Gasteiger partial charge is 0.274 e. The maximum Gasteiger partial charge on any atom is 0.274 e. The van der Waals surface area contributed by atoms with Crippen LogP contribution >= 0.6 is 0 Å². The highest BCUT2D eigenvalue weighted by Crippen LogP contribution is 2.14. The van der Waals surface area contributed by atoms with Crippen LogP contribution in [0.4, 0.5) is 0 Å². The lowest BCUT2D eigenvalue weighted by Crippen LogP contribution is -2.19. The summed E-state index contributed by atoms with van der Waals surface area (Å²) in [6, 6.07) is 1.66. The number of nitrogens with one attached hydrogen (secondary N) is 1. The first-order chi connectivity index (χ1) is 8.27. The van der Waals surface area contributed by atoms with E-state index < -0.39 is 0 Å². The fourth-order valence-corrected chi connectivity index (χ4v) is 2.06. The van der Waals surface area contributed by atoms with E-state index >= 15 is 0 Å². The molecule has 1 heterocycles. The number of hydrogen-bond donors (Lipinski definition) is 1. The van der Waals surface area contributed by atoms with Crippen molar-refractivity contribution in [2.75, 3.05) is 0 Å². The molecular formula is C13H18N2O2. The van der Waals surface area contributed by atoms with Crippen LogP contribution in [0.2, 0.25) is 0 Å². The minimum absolute atomic E-state index is 0.187. The number of amides is 1. The summed E-state index contributed by atoms with van der Waals surface area (Å²) in [5.41, 5.74) is 4.28. The highest BCUT2D eigenvalue weighted by molar-refractivity contribution is 5.96. The van der Waals surface area contributed by atoms with Gasteiger partial charge in [0.2, 0.25) is 0 Å². The van der Waals surface area contributed by atoms with Crippen molar-refractivity contribution in [1.82, 2.24) is 5.43 Å². The Kier molecular flexibility index (Phi) is 3.96. The molecule has 0 spiro atoms. The second kappa shape index (κ2) is 5.66. The number of hydrogen-bond acceptors (Lipinski definition) is 3. The second-order valence-electron chi connectivity index (χ2n) is 4.42. The van der Waals surface area contributed by atoms with Gasteiger partial charge in [-0.1, -0.05) is 12.8 Å². The minimum atomic E-state index is -0.187. The number of hydrazone groups is 1. The van der Waals surface area contributed by atoms with Crippen molar-refractivity contribution in [2.45, 2.75) is 45.4 Å². The first kappa shape index (κ1) is 11.9. The van der Waals surface area contributed by atoms with Gasteiger partial charge in [0.05, 0.1) is 11.8 Å². The lowest BCUT2D eigenvalue weighted by Gasteiger charge is -2.02. The summed E-state index contributed by atoms with van der Waals surface area (Å²) in [4.78, 5) is 11.8. The van der Waals surface area contributed by atoms with Gasteiger partial charge < -0.3 is 4.42 Å². The zero-order valence-electron chi connectivity index (χ0n) is 10.2. The van der Waals surface area contributed by atoms with E-state index in [0.717, 1.165) is 18.6 Å². The van der Waals surface area contributed by atoms with Crippen LogP contribution in [0.1, 0.15) is 54.6 Å². The molecule has 0 saturated heterocycles. The minimum Gasteiger partial charge on any atom is -0.469 e. The number of furan rings is 1. The summed E-state index contributed by atoms with van der Waals surface area (Å²) in [5.74, 6) is 0.441. The van der Waals surface area contributed by atoms with Crippen molar-refractivity contribution in [1.29, 1.82) is 0 Å². The fourth-order valence-electron chi connectivity index (χ4n) is 2.06. The molecule has 0 unspecified atom stereocenters. The van der Waals surface area contributed by atoms with E-state index in [2.05, 4.69) is 10.5 Å². The third-order valence-corrected chi connectivity index (χ3v) is 3.10. The van der Waals surface area contributed by atoms with Crippen LogP contribution in [0.3, 0.4) is 0 Å². The molecular weight excluding hydrogens is 216 g/mol. The van der Waals surface area contributed by atoms with Crippen molar-refractivity contribution < 1.29 is 9.21 Å². The van der Waals surface area contributed by atoms with Crippen LogP contribution in [0.25, 0.3) is 0 Å². The van der Waals surface area contributed by atoms with E-state index in [9.17, 15) is 4.79 Å². The molecule has 0 radical (unpaired) electrons. The van der Waals surface area contributed by atoms with Gasteiger partial charge >= 0.3 is 0 Å². The molecule has 1 N–H and O–H groups in total. The zero-order chi connectivity index (χ0) is 12.1. The molecule has 0 aliphatic heterocycles. The molecule has 1 aromatic heterocycles. The summed E-state index contributed by atoms with van der Waals surface area (Å²) >= 11 is 0. The summed E-state index contributed by atoms with van der Waals surface area (Å²) in [7, 11) is 0. The molecule has 0 aromatic carbocycles. The number of aryl methyl sites for hydroxylation is 1. The van der Waals surface area contributed by atoms with E-state index in [0.29, 0.717) is 11.3 Å². The van der Waals surface area contributed by atoms with Crippen LogP contribution in [0, 0.1) is 6.92 Å². The Morgan fingerprint density at radius 2 is 2.00 bits per heavy atom. The van der Waals surface area contributed by atoms with Crippen molar-refractivity contribution in [3.8, 4) is 0 Å². The van der Waals surface area contributed by atoms with Gasteiger partial charge in [-0.3, -0.25) is 4.79 Å². The topological polar surface area (TPSA) is 54.6 Å². The third-order valence-electron chi connectivity index (χ3n) is 3.10. The van der Waals surface area contributed by atoms with Crippen molar-refractivity contribution in [2.24, 2.45) is 5.10 Å². The highest BCUT2D eigenvalue weighted by Gasteiger charge is 2.11. The normalized spacial score (nSPS) is 16.4. The molecule has 1 aromatic rings. The van der Waals surface area contributed by atoms with Gasteiger partial charge in [0.15, 0.2) is 0 Å². The Morgan fingerprint density at radius 1 is 1.29 bits per heavy atom. The molecule has 92 valence electrons. The molecule has 17 heavy (non-hydrogen) atoms. The molecule has 0 atom stereocenters. The highest BCUT2D eigenvalue weighted by atomic mass is 16.3. The van der Waals surface area contributed by atoms with Crippen LogP contribution in [-0.4, -0.2) is 11.6 Å². The predicted molar refractivity (Wildman–Crippen MR) is 66.0 cm³/mol. The number of rotatable bonds is 2. The lowest BCUT2D eigenvalue weighted by molar-refractivity contribution is 0.0953. The quantitative estimate of drug-likeness (QED) is 0.631. The van der Waals surface area contributed by atoms with Gasteiger partial charge in [-0.05, 0) is 38.7 Å². The Hall–Kier alpha value is -1.58. The summed E-state index contributed by atoms with van der Waals surface area (Å²) in [5, 5.41) is 4.22. The first-order valence-corrected chi connectivity index (χ1v) is 6.17. The lowest BCUT2D eigenvalue weighted by atomic mass is 10.2. The maximum atomic E-state index is 11.8. The Labute approximate surface area is 101 Å². The summed E-state index contributed by atoms with van der Waals surface area (Å²) < 4.78 is 5.09. The van der Waals surface area contributed by atoms with E-state index in [-0.39, 0.29) is 5.91 Å². The maximum absolute atomic E-state index is 11.8. The average Bonchev–Trinajstić information content (AvgIpc) is 2.61. The molecule has 1 fully saturated rings. The molecule has 1 amide bonds. The molecule has 1 saturated carbocycles. The van der Waals surface area contributed by atoms with E-state index in [1.807, 2.05) is 0 Å². The number of carbonyl (C=O) groups excluding carboxylic acids is 1. The predicted octanol–water partition coefficient (Wildman–Crippen LogP) is 3.03. The van der Waals surface area contributed by atoms with Gasteiger partial charge in [0, 0.05) is 5.71 Å². The third kappa shape index (κ3) is 3.19. The van der Waals surface area contributed by atoms with Crippen LogP contribution < -0.4 is 5.43 Å². The van der Waals surface area contributed by atoms with Crippen LogP contribution in [0.5, 0.6) is 0 Å². The van der Waals surface area contributed by atoms with Crippen LogP contribution in [-0.2, 0) is 0 Å². The SMILES string of the molecule is Cc1occc1C(=O)NN=C1CCCCCC1. The molecule has 4 heteroatoms. The summed E-state index contributed by atoms with van der Waals surface area (Å²) in [6.07, 6.45) is 8.43.